The van der Waals surface area contributed by atoms with E-state index >= 15 is 0 Å². The fourth-order valence-electron chi connectivity index (χ4n) is 1.38. The van der Waals surface area contributed by atoms with Crippen LogP contribution in [0.1, 0.15) is 13.8 Å². The van der Waals surface area contributed by atoms with Crippen molar-refractivity contribution in [2.45, 2.75) is 24.9 Å². The third-order valence-electron chi connectivity index (χ3n) is 2.82. The van der Waals surface area contributed by atoms with Crippen molar-refractivity contribution in [3.05, 3.63) is 0 Å². The highest BCUT2D eigenvalue weighted by atomic mass is 32.2. The van der Waals surface area contributed by atoms with E-state index < -0.39 is 27.0 Å². The standard InChI is InChI=1S/C7H17N3O2S.C2HF3O2/c1-7(2,13(8,11)12)10-5-3-9-4-6-10;3-2(4,5)1(6)7/h9H,3-6H2,1-2H3,(H2,8,11,12);(H,6,7). The molecule has 0 unspecified atom stereocenters. The molecule has 120 valence electrons. The normalized spacial score (nSPS) is 18.1. The highest BCUT2D eigenvalue weighted by molar-refractivity contribution is 7.90. The number of aliphatic carboxylic acids is 1. The Bertz CT molecular complexity index is 430. The summed E-state index contributed by atoms with van der Waals surface area (Å²) in [6, 6.07) is 0. The van der Waals surface area contributed by atoms with Gasteiger partial charge in [0.1, 0.15) is 4.87 Å². The molecular formula is C9H18F3N3O4S. The Hall–Kier alpha value is -0.910. The molecule has 0 aromatic heterocycles. The van der Waals surface area contributed by atoms with Gasteiger partial charge in [0.15, 0.2) is 0 Å². The molecule has 0 aliphatic carbocycles. The van der Waals surface area contributed by atoms with Gasteiger partial charge in [0.2, 0.25) is 10.0 Å². The molecule has 0 saturated carbocycles. The minimum atomic E-state index is -5.08. The van der Waals surface area contributed by atoms with E-state index in [0.29, 0.717) is 0 Å². The van der Waals surface area contributed by atoms with Crippen molar-refractivity contribution >= 4 is 16.0 Å². The molecule has 1 fully saturated rings. The Morgan fingerprint density at radius 1 is 1.25 bits per heavy atom. The number of piperazine rings is 1. The van der Waals surface area contributed by atoms with Crippen LogP contribution < -0.4 is 10.5 Å². The second kappa shape index (κ2) is 6.70. The van der Waals surface area contributed by atoms with Gasteiger partial charge >= 0.3 is 12.1 Å². The van der Waals surface area contributed by atoms with Crippen LogP contribution in [0.5, 0.6) is 0 Å². The number of hydrogen-bond donors (Lipinski definition) is 3. The number of carboxylic acid groups (broad SMARTS) is 1. The molecule has 0 atom stereocenters. The molecule has 1 heterocycles. The van der Waals surface area contributed by atoms with Crippen LogP contribution in [-0.4, -0.2) is 61.6 Å². The van der Waals surface area contributed by atoms with Crippen molar-refractivity contribution in [3.8, 4) is 0 Å². The molecule has 1 rings (SSSR count). The Morgan fingerprint density at radius 3 is 1.85 bits per heavy atom. The monoisotopic (exact) mass is 321 g/mol. The molecule has 0 aromatic rings. The number of nitrogens with zero attached hydrogens (tertiary/aromatic N) is 1. The van der Waals surface area contributed by atoms with Crippen LogP contribution in [-0.2, 0) is 14.8 Å². The van der Waals surface area contributed by atoms with E-state index in [-0.39, 0.29) is 0 Å². The van der Waals surface area contributed by atoms with Crippen molar-refractivity contribution < 1.29 is 31.5 Å². The molecular weight excluding hydrogens is 303 g/mol. The molecule has 0 radical (unpaired) electrons. The zero-order chi connectivity index (χ0) is 16.2. The average Bonchev–Trinajstić information content (AvgIpc) is 2.28. The fourth-order valence-corrected chi connectivity index (χ4v) is 1.93. The zero-order valence-electron chi connectivity index (χ0n) is 11.1. The second-order valence-electron chi connectivity index (χ2n) is 4.53. The first kappa shape index (κ1) is 19.1. The quantitative estimate of drug-likeness (QED) is 0.635. The highest BCUT2D eigenvalue weighted by Crippen LogP contribution is 2.19. The summed E-state index contributed by atoms with van der Waals surface area (Å²) in [5, 5.41) is 15.4. The molecule has 1 aliphatic rings. The topological polar surface area (TPSA) is 113 Å². The van der Waals surface area contributed by atoms with Crippen LogP contribution in [0.2, 0.25) is 0 Å². The molecule has 11 heteroatoms. The maximum atomic E-state index is 11.3. The smallest absolute Gasteiger partial charge is 0.475 e. The van der Waals surface area contributed by atoms with Crippen LogP contribution in [0.4, 0.5) is 13.2 Å². The van der Waals surface area contributed by atoms with E-state index in [1.807, 2.05) is 4.90 Å². The lowest BCUT2D eigenvalue weighted by molar-refractivity contribution is -0.192. The number of primary sulfonamides is 1. The first-order chi connectivity index (χ1) is 8.80. The van der Waals surface area contributed by atoms with E-state index in [4.69, 9.17) is 15.0 Å². The van der Waals surface area contributed by atoms with E-state index in [1.165, 1.54) is 0 Å². The summed E-state index contributed by atoms with van der Waals surface area (Å²) in [4.78, 5) is 9.83. The average molecular weight is 321 g/mol. The SMILES string of the molecule is CC(C)(N1CCNCC1)S(N)(=O)=O.O=C(O)C(F)(F)F. The summed E-state index contributed by atoms with van der Waals surface area (Å²) in [6.07, 6.45) is -5.08. The van der Waals surface area contributed by atoms with Gasteiger partial charge in [-0.3, -0.25) is 4.90 Å². The van der Waals surface area contributed by atoms with Gasteiger partial charge < -0.3 is 10.4 Å². The van der Waals surface area contributed by atoms with Gasteiger partial charge in [-0.1, -0.05) is 0 Å². The van der Waals surface area contributed by atoms with Crippen LogP contribution in [0.3, 0.4) is 0 Å². The first-order valence-electron chi connectivity index (χ1n) is 5.58. The number of nitrogens with one attached hydrogen (secondary N) is 1. The number of sulfonamides is 1. The lowest BCUT2D eigenvalue weighted by atomic mass is 10.2. The highest BCUT2D eigenvalue weighted by Gasteiger charge is 2.38. The van der Waals surface area contributed by atoms with Crippen molar-refractivity contribution in [2.24, 2.45) is 5.14 Å². The predicted molar refractivity (Wildman–Crippen MR) is 65.3 cm³/mol. The lowest BCUT2D eigenvalue weighted by Gasteiger charge is -2.39. The Kier molecular flexibility index (Phi) is 6.39. The number of rotatable bonds is 2. The second-order valence-corrected chi connectivity index (χ2v) is 6.62. The van der Waals surface area contributed by atoms with Gasteiger partial charge in [-0.05, 0) is 13.8 Å². The minimum absolute atomic E-state index is 0.726. The third-order valence-corrected chi connectivity index (χ3v) is 4.47. The van der Waals surface area contributed by atoms with Gasteiger partial charge in [0, 0.05) is 26.2 Å². The molecule has 20 heavy (non-hydrogen) atoms. The summed E-state index contributed by atoms with van der Waals surface area (Å²) in [7, 11) is -3.50. The van der Waals surface area contributed by atoms with Gasteiger partial charge in [-0.2, -0.15) is 13.2 Å². The zero-order valence-corrected chi connectivity index (χ0v) is 11.9. The number of nitrogens with two attached hydrogens (primary N) is 1. The van der Waals surface area contributed by atoms with Gasteiger partial charge in [-0.15, -0.1) is 0 Å². The number of halogens is 3. The van der Waals surface area contributed by atoms with E-state index in [2.05, 4.69) is 5.32 Å². The van der Waals surface area contributed by atoms with Crippen molar-refractivity contribution in [2.75, 3.05) is 26.2 Å². The Morgan fingerprint density at radius 2 is 1.60 bits per heavy atom. The first-order valence-corrected chi connectivity index (χ1v) is 7.13. The third kappa shape index (κ3) is 5.61. The molecule has 4 N–H and O–H groups in total. The number of hydrogen-bond acceptors (Lipinski definition) is 5. The Labute approximate surface area is 115 Å². The molecule has 0 spiro atoms. The van der Waals surface area contributed by atoms with Crippen LogP contribution in [0.15, 0.2) is 0 Å². The minimum Gasteiger partial charge on any atom is -0.475 e. The lowest BCUT2D eigenvalue weighted by Crippen LogP contribution is -2.58. The van der Waals surface area contributed by atoms with E-state index in [1.54, 1.807) is 13.8 Å². The maximum absolute atomic E-state index is 11.3. The predicted octanol–water partition coefficient (Wildman–Crippen LogP) is -0.450. The molecule has 1 aliphatic heterocycles. The molecule has 1 saturated heterocycles. The summed E-state index contributed by atoms with van der Waals surface area (Å²) in [5.74, 6) is -2.76. The van der Waals surface area contributed by atoms with Gasteiger partial charge in [0.25, 0.3) is 0 Å². The van der Waals surface area contributed by atoms with Crippen molar-refractivity contribution in [3.63, 3.8) is 0 Å². The van der Waals surface area contributed by atoms with Crippen LogP contribution in [0.25, 0.3) is 0 Å². The largest absolute Gasteiger partial charge is 0.490 e. The fraction of sp³-hybridized carbons (Fsp3) is 0.889. The molecule has 0 aromatic carbocycles. The maximum Gasteiger partial charge on any atom is 0.490 e. The van der Waals surface area contributed by atoms with Crippen LogP contribution >= 0.6 is 0 Å². The van der Waals surface area contributed by atoms with Crippen molar-refractivity contribution in [1.82, 2.24) is 10.2 Å². The number of alkyl halides is 3. The number of carboxylic acids is 1. The van der Waals surface area contributed by atoms with Crippen LogP contribution in [0, 0.1) is 0 Å². The van der Waals surface area contributed by atoms with Crippen molar-refractivity contribution in [1.29, 1.82) is 0 Å². The van der Waals surface area contributed by atoms with Gasteiger partial charge in [-0.25, -0.2) is 18.4 Å². The molecule has 7 nitrogen and oxygen atoms in total. The summed E-state index contributed by atoms with van der Waals surface area (Å²) in [5.41, 5.74) is 0. The van der Waals surface area contributed by atoms with Gasteiger partial charge in [0.05, 0.1) is 0 Å². The summed E-state index contributed by atoms with van der Waals surface area (Å²) < 4.78 is 54.3. The van der Waals surface area contributed by atoms with E-state index in [0.717, 1.165) is 26.2 Å². The number of carbonyl (C=O) groups is 1. The molecule has 0 amide bonds. The summed E-state index contributed by atoms with van der Waals surface area (Å²) in [6.45, 7) is 6.38. The summed E-state index contributed by atoms with van der Waals surface area (Å²) >= 11 is 0. The molecule has 0 bridgehead atoms. The Balaban J connectivity index is 0.000000441. The van der Waals surface area contributed by atoms with E-state index in [9.17, 15) is 21.6 Å².